The first-order chi connectivity index (χ1) is 11.1. The minimum absolute atomic E-state index is 0.347. The van der Waals surface area contributed by atoms with Crippen molar-refractivity contribution in [2.75, 3.05) is 5.73 Å². The third-order valence-electron chi connectivity index (χ3n) is 4.23. The van der Waals surface area contributed by atoms with Crippen molar-refractivity contribution in [3.8, 4) is 17.5 Å². The summed E-state index contributed by atoms with van der Waals surface area (Å²) in [5.74, 6) is 1.16. The van der Waals surface area contributed by atoms with Crippen molar-refractivity contribution >= 4 is 16.7 Å². The average molecular weight is 307 g/mol. The molecule has 0 fully saturated rings. The molecule has 6 heteroatoms. The summed E-state index contributed by atoms with van der Waals surface area (Å²) < 4.78 is 5.40. The number of aromatic nitrogens is 3. The van der Waals surface area contributed by atoms with Crippen LogP contribution in [0.25, 0.3) is 22.3 Å². The Balaban J connectivity index is 2.17. The van der Waals surface area contributed by atoms with Gasteiger partial charge in [-0.3, -0.25) is 0 Å². The highest BCUT2D eigenvalue weighted by Crippen LogP contribution is 2.33. The van der Waals surface area contributed by atoms with Gasteiger partial charge in [-0.2, -0.15) is 10.2 Å². The van der Waals surface area contributed by atoms with Gasteiger partial charge in [0.1, 0.15) is 11.2 Å². The molecular formula is C17H17N5O. The number of pyridine rings is 1. The van der Waals surface area contributed by atoms with Crippen molar-refractivity contribution in [2.24, 2.45) is 0 Å². The molecule has 0 saturated carbocycles. The van der Waals surface area contributed by atoms with Crippen molar-refractivity contribution < 1.29 is 4.52 Å². The molecule has 0 amide bonds. The molecule has 23 heavy (non-hydrogen) atoms. The Bertz CT molecular complexity index is 889. The third kappa shape index (κ3) is 2.40. The number of nitrogens with zero attached hydrogens (tertiary/aromatic N) is 4. The molecule has 0 spiro atoms. The molecule has 0 unspecified atom stereocenters. The summed E-state index contributed by atoms with van der Waals surface area (Å²) in [7, 11) is 0. The Hall–Kier alpha value is -2.94. The maximum atomic E-state index is 9.52. The molecule has 0 bridgehead atoms. The van der Waals surface area contributed by atoms with Crippen molar-refractivity contribution in [3.05, 3.63) is 36.2 Å². The average Bonchev–Trinajstić information content (AvgIpc) is 3.06. The number of nitrogens with two attached hydrogens (primary N) is 1. The zero-order valence-corrected chi connectivity index (χ0v) is 13.1. The fourth-order valence-electron chi connectivity index (χ4n) is 2.67. The molecule has 0 aliphatic carbocycles. The smallest absolute Gasteiger partial charge is 0.247 e. The summed E-state index contributed by atoms with van der Waals surface area (Å²) in [6.07, 6.45) is 1.22. The number of para-hydroxylation sites is 1. The largest absolute Gasteiger partial charge is 0.384 e. The minimum Gasteiger partial charge on any atom is -0.384 e. The summed E-state index contributed by atoms with van der Waals surface area (Å²) >= 11 is 0. The van der Waals surface area contributed by atoms with E-state index in [0.29, 0.717) is 30.4 Å². The van der Waals surface area contributed by atoms with Gasteiger partial charge in [-0.1, -0.05) is 37.2 Å². The van der Waals surface area contributed by atoms with Crippen LogP contribution in [-0.4, -0.2) is 15.1 Å². The van der Waals surface area contributed by atoms with Gasteiger partial charge in [-0.05, 0) is 25.0 Å². The predicted molar refractivity (Wildman–Crippen MR) is 87.3 cm³/mol. The van der Waals surface area contributed by atoms with Gasteiger partial charge in [-0.15, -0.1) is 0 Å². The maximum Gasteiger partial charge on any atom is 0.247 e. The highest BCUT2D eigenvalue weighted by atomic mass is 16.5. The van der Waals surface area contributed by atoms with Crippen molar-refractivity contribution in [1.82, 2.24) is 15.1 Å². The first-order valence-electron chi connectivity index (χ1n) is 7.54. The van der Waals surface area contributed by atoms with Gasteiger partial charge in [0.25, 0.3) is 0 Å². The van der Waals surface area contributed by atoms with E-state index in [1.54, 1.807) is 6.07 Å². The molecule has 2 aromatic heterocycles. The monoisotopic (exact) mass is 307 g/mol. The molecule has 6 nitrogen and oxygen atoms in total. The lowest BCUT2D eigenvalue weighted by Crippen LogP contribution is -2.22. The van der Waals surface area contributed by atoms with Crippen LogP contribution in [0, 0.1) is 11.3 Å². The number of nitrogen functional groups attached to an aromatic ring is 1. The minimum atomic E-state index is -0.750. The standard InChI is InChI=1S/C17H17N5O/c1-3-17(4-2,10-18)16-21-15(22-23-16)12-9-14(19)20-13-8-6-5-7-11(12)13/h5-9H,3-4H2,1-2H3,(H2,19,20). The van der Waals surface area contributed by atoms with Gasteiger partial charge in [0.05, 0.1) is 11.6 Å². The Morgan fingerprint density at radius 1 is 1.22 bits per heavy atom. The lowest BCUT2D eigenvalue weighted by molar-refractivity contribution is 0.308. The van der Waals surface area contributed by atoms with E-state index in [-0.39, 0.29) is 0 Å². The van der Waals surface area contributed by atoms with Crippen molar-refractivity contribution in [1.29, 1.82) is 5.26 Å². The number of rotatable bonds is 4. The molecule has 0 atom stereocenters. The Morgan fingerprint density at radius 2 is 1.96 bits per heavy atom. The molecule has 0 radical (unpaired) electrons. The molecule has 116 valence electrons. The van der Waals surface area contributed by atoms with E-state index in [1.165, 1.54) is 0 Å². The molecule has 0 aliphatic heterocycles. The summed E-state index contributed by atoms with van der Waals surface area (Å²) in [4.78, 5) is 8.78. The quantitative estimate of drug-likeness (QED) is 0.792. The maximum absolute atomic E-state index is 9.52. The van der Waals surface area contributed by atoms with Crippen molar-refractivity contribution in [2.45, 2.75) is 32.1 Å². The SMILES string of the molecule is CCC(C#N)(CC)c1nc(-c2cc(N)nc3ccccc23)no1. The third-order valence-corrected chi connectivity index (χ3v) is 4.23. The Labute approximate surface area is 133 Å². The van der Waals surface area contributed by atoms with Crippen molar-refractivity contribution in [3.63, 3.8) is 0 Å². The van der Waals surface area contributed by atoms with Crippen LogP contribution in [0.15, 0.2) is 34.9 Å². The van der Waals surface area contributed by atoms with Gasteiger partial charge >= 0.3 is 0 Å². The van der Waals surface area contributed by atoms with E-state index in [2.05, 4.69) is 21.2 Å². The van der Waals surface area contributed by atoms with E-state index in [4.69, 9.17) is 10.3 Å². The fraction of sp³-hybridized carbons (Fsp3) is 0.294. The highest BCUT2D eigenvalue weighted by molar-refractivity contribution is 5.94. The van der Waals surface area contributed by atoms with Gasteiger partial charge in [0, 0.05) is 10.9 Å². The number of fused-ring (bicyclic) bond motifs is 1. The second kappa shape index (κ2) is 5.69. The molecule has 2 N–H and O–H groups in total. The molecule has 0 saturated heterocycles. The normalized spacial score (nSPS) is 11.5. The van der Waals surface area contributed by atoms with Gasteiger partial charge in [0.2, 0.25) is 11.7 Å². The number of benzene rings is 1. The lowest BCUT2D eigenvalue weighted by atomic mass is 9.84. The van der Waals surface area contributed by atoms with E-state index >= 15 is 0 Å². The van der Waals surface area contributed by atoms with Gasteiger partial charge in [0.15, 0.2) is 0 Å². The second-order valence-corrected chi connectivity index (χ2v) is 5.44. The van der Waals surface area contributed by atoms with Gasteiger partial charge < -0.3 is 10.3 Å². The summed E-state index contributed by atoms with van der Waals surface area (Å²) in [5, 5.41) is 14.5. The first kappa shape index (κ1) is 15.0. The van der Waals surface area contributed by atoms with Crippen LogP contribution in [-0.2, 0) is 5.41 Å². The topological polar surface area (TPSA) is 102 Å². The summed E-state index contributed by atoms with van der Waals surface area (Å²) in [5.41, 5.74) is 6.65. The fourth-order valence-corrected chi connectivity index (χ4v) is 2.67. The van der Waals surface area contributed by atoms with Crippen LogP contribution in [0.4, 0.5) is 5.82 Å². The van der Waals surface area contributed by atoms with E-state index in [0.717, 1.165) is 16.5 Å². The second-order valence-electron chi connectivity index (χ2n) is 5.44. The molecule has 2 heterocycles. The van der Waals surface area contributed by atoms with Crippen LogP contribution in [0.1, 0.15) is 32.6 Å². The molecule has 3 rings (SSSR count). The predicted octanol–water partition coefficient (Wildman–Crippen LogP) is 3.45. The molecule has 0 aliphatic rings. The molecule has 1 aromatic carbocycles. The number of nitriles is 1. The number of anilines is 1. The first-order valence-corrected chi connectivity index (χ1v) is 7.54. The van der Waals surface area contributed by atoms with Crippen LogP contribution >= 0.6 is 0 Å². The van der Waals surface area contributed by atoms with Crippen LogP contribution in [0.5, 0.6) is 0 Å². The Kier molecular flexibility index (Phi) is 3.70. The van der Waals surface area contributed by atoms with E-state index in [9.17, 15) is 5.26 Å². The van der Waals surface area contributed by atoms with Gasteiger partial charge in [-0.25, -0.2) is 4.98 Å². The molecular weight excluding hydrogens is 290 g/mol. The number of hydrogen-bond acceptors (Lipinski definition) is 6. The summed E-state index contributed by atoms with van der Waals surface area (Å²) in [6.45, 7) is 3.88. The zero-order valence-electron chi connectivity index (χ0n) is 13.1. The lowest BCUT2D eigenvalue weighted by Gasteiger charge is -2.17. The van der Waals surface area contributed by atoms with E-state index in [1.807, 2.05) is 38.1 Å². The van der Waals surface area contributed by atoms with Crippen LogP contribution in [0.3, 0.4) is 0 Å². The van der Waals surface area contributed by atoms with Crippen LogP contribution in [0.2, 0.25) is 0 Å². The summed E-state index contributed by atoms with van der Waals surface area (Å²) in [6, 6.07) is 11.7. The molecule has 3 aromatic rings. The highest BCUT2D eigenvalue weighted by Gasteiger charge is 2.35. The number of hydrogen-bond donors (Lipinski definition) is 1. The van der Waals surface area contributed by atoms with Crippen LogP contribution < -0.4 is 5.73 Å². The zero-order chi connectivity index (χ0) is 16.4. The van der Waals surface area contributed by atoms with E-state index < -0.39 is 5.41 Å². The Morgan fingerprint density at radius 3 is 2.65 bits per heavy atom.